The Labute approximate surface area is 104 Å². The van der Waals surface area contributed by atoms with Crippen molar-refractivity contribution < 1.29 is 14.3 Å². The third-order valence-electron chi connectivity index (χ3n) is 2.52. The molecule has 1 amide bonds. The SMILES string of the molecule is CC(C)CC1CN(C(=O)OC(C)(C)C)CCO1. The van der Waals surface area contributed by atoms with E-state index >= 15 is 0 Å². The topological polar surface area (TPSA) is 38.8 Å². The van der Waals surface area contributed by atoms with Crippen LogP contribution in [0.1, 0.15) is 41.0 Å². The zero-order chi connectivity index (χ0) is 13.1. The number of nitrogens with zero attached hydrogens (tertiary/aromatic N) is 1. The third-order valence-corrected chi connectivity index (χ3v) is 2.52. The lowest BCUT2D eigenvalue weighted by Gasteiger charge is -2.34. The molecular formula is C13H25NO3. The van der Waals surface area contributed by atoms with E-state index < -0.39 is 5.60 Å². The van der Waals surface area contributed by atoms with Crippen molar-refractivity contribution in [3.05, 3.63) is 0 Å². The summed E-state index contributed by atoms with van der Waals surface area (Å²) in [5, 5.41) is 0. The zero-order valence-electron chi connectivity index (χ0n) is 11.7. The Morgan fingerprint density at radius 1 is 1.47 bits per heavy atom. The van der Waals surface area contributed by atoms with Gasteiger partial charge in [-0.2, -0.15) is 0 Å². The molecule has 0 spiro atoms. The first-order chi connectivity index (χ1) is 7.78. The van der Waals surface area contributed by atoms with Gasteiger partial charge in [-0.05, 0) is 33.1 Å². The van der Waals surface area contributed by atoms with E-state index in [4.69, 9.17) is 9.47 Å². The van der Waals surface area contributed by atoms with Crippen LogP contribution in [0.5, 0.6) is 0 Å². The first kappa shape index (κ1) is 14.3. The van der Waals surface area contributed by atoms with Crippen molar-refractivity contribution in [3.8, 4) is 0 Å². The molecule has 1 heterocycles. The Balaban J connectivity index is 2.46. The molecule has 1 fully saturated rings. The molecule has 0 aliphatic carbocycles. The number of carbonyl (C=O) groups is 1. The zero-order valence-corrected chi connectivity index (χ0v) is 11.7. The fourth-order valence-corrected chi connectivity index (χ4v) is 1.88. The normalized spacial score (nSPS) is 21.8. The van der Waals surface area contributed by atoms with E-state index in [1.807, 2.05) is 20.8 Å². The summed E-state index contributed by atoms with van der Waals surface area (Å²) in [5.41, 5.74) is -0.428. The molecule has 1 aliphatic heterocycles. The second-order valence-electron chi connectivity index (χ2n) is 6.05. The quantitative estimate of drug-likeness (QED) is 0.748. The highest BCUT2D eigenvalue weighted by Crippen LogP contribution is 2.16. The average Bonchev–Trinajstić information content (AvgIpc) is 2.14. The molecule has 1 saturated heterocycles. The first-order valence-corrected chi connectivity index (χ1v) is 6.37. The van der Waals surface area contributed by atoms with Crippen LogP contribution >= 0.6 is 0 Å². The standard InChI is InChI=1S/C13H25NO3/c1-10(2)8-11-9-14(6-7-16-11)12(15)17-13(3,4)5/h10-11H,6-9H2,1-5H3. The van der Waals surface area contributed by atoms with E-state index in [9.17, 15) is 4.79 Å². The molecule has 0 aromatic carbocycles. The van der Waals surface area contributed by atoms with Gasteiger partial charge in [0.15, 0.2) is 0 Å². The maximum Gasteiger partial charge on any atom is 0.410 e. The van der Waals surface area contributed by atoms with E-state index in [0.717, 1.165) is 6.42 Å². The Hall–Kier alpha value is -0.770. The van der Waals surface area contributed by atoms with Crippen LogP contribution in [0, 0.1) is 5.92 Å². The van der Waals surface area contributed by atoms with Crippen molar-refractivity contribution in [1.82, 2.24) is 4.90 Å². The van der Waals surface area contributed by atoms with E-state index in [2.05, 4.69) is 13.8 Å². The number of amides is 1. The van der Waals surface area contributed by atoms with Crippen LogP contribution in [0.3, 0.4) is 0 Å². The van der Waals surface area contributed by atoms with Gasteiger partial charge in [-0.25, -0.2) is 4.79 Å². The van der Waals surface area contributed by atoms with Gasteiger partial charge in [-0.3, -0.25) is 0 Å². The molecule has 0 bridgehead atoms. The summed E-state index contributed by atoms with van der Waals surface area (Å²) >= 11 is 0. The van der Waals surface area contributed by atoms with Crippen LogP contribution in [-0.4, -0.2) is 42.4 Å². The van der Waals surface area contributed by atoms with Gasteiger partial charge in [0.2, 0.25) is 0 Å². The molecule has 1 unspecified atom stereocenters. The van der Waals surface area contributed by atoms with Gasteiger partial charge in [0, 0.05) is 6.54 Å². The van der Waals surface area contributed by atoms with Gasteiger partial charge in [-0.1, -0.05) is 13.8 Å². The highest BCUT2D eigenvalue weighted by atomic mass is 16.6. The lowest BCUT2D eigenvalue weighted by atomic mass is 10.0. The summed E-state index contributed by atoms with van der Waals surface area (Å²) in [6.07, 6.45) is 0.907. The molecule has 17 heavy (non-hydrogen) atoms. The predicted molar refractivity (Wildman–Crippen MR) is 67.0 cm³/mol. The van der Waals surface area contributed by atoms with Crippen molar-refractivity contribution in [2.24, 2.45) is 5.92 Å². The van der Waals surface area contributed by atoms with Crippen molar-refractivity contribution in [2.45, 2.75) is 52.7 Å². The number of hydrogen-bond donors (Lipinski definition) is 0. The molecule has 1 rings (SSSR count). The second kappa shape index (κ2) is 5.71. The molecule has 4 heteroatoms. The Kier molecular flexibility index (Phi) is 4.80. The molecular weight excluding hydrogens is 218 g/mol. The summed E-state index contributed by atoms with van der Waals surface area (Å²) in [6, 6.07) is 0. The number of hydrogen-bond acceptors (Lipinski definition) is 3. The van der Waals surface area contributed by atoms with Crippen LogP contribution in [0.2, 0.25) is 0 Å². The van der Waals surface area contributed by atoms with Gasteiger partial charge in [0.05, 0.1) is 19.3 Å². The lowest BCUT2D eigenvalue weighted by Crippen LogP contribution is -2.47. The van der Waals surface area contributed by atoms with Gasteiger partial charge < -0.3 is 14.4 Å². The minimum absolute atomic E-state index is 0.149. The van der Waals surface area contributed by atoms with Gasteiger partial charge in [0.25, 0.3) is 0 Å². The highest BCUT2D eigenvalue weighted by molar-refractivity contribution is 5.68. The molecule has 0 aromatic rings. The Bertz CT molecular complexity index is 258. The summed E-state index contributed by atoms with van der Waals surface area (Å²) in [5.74, 6) is 0.582. The van der Waals surface area contributed by atoms with Crippen LogP contribution in [0.15, 0.2) is 0 Å². The molecule has 0 radical (unpaired) electrons. The van der Waals surface area contributed by atoms with Gasteiger partial charge >= 0.3 is 6.09 Å². The molecule has 0 N–H and O–H groups in total. The fraction of sp³-hybridized carbons (Fsp3) is 0.923. The van der Waals surface area contributed by atoms with Gasteiger partial charge in [0.1, 0.15) is 5.60 Å². The molecule has 100 valence electrons. The smallest absolute Gasteiger partial charge is 0.410 e. The number of ether oxygens (including phenoxy) is 2. The number of carbonyl (C=O) groups excluding carboxylic acids is 1. The van der Waals surface area contributed by atoms with Crippen molar-refractivity contribution >= 4 is 6.09 Å². The van der Waals surface area contributed by atoms with E-state index in [1.54, 1.807) is 4.90 Å². The maximum atomic E-state index is 11.9. The molecule has 4 nitrogen and oxygen atoms in total. The van der Waals surface area contributed by atoms with Crippen LogP contribution in [-0.2, 0) is 9.47 Å². The average molecular weight is 243 g/mol. The molecule has 1 atom stereocenters. The minimum Gasteiger partial charge on any atom is -0.444 e. The molecule has 1 aliphatic rings. The fourth-order valence-electron chi connectivity index (χ4n) is 1.88. The van der Waals surface area contributed by atoms with Crippen molar-refractivity contribution in [3.63, 3.8) is 0 Å². The monoisotopic (exact) mass is 243 g/mol. The summed E-state index contributed by atoms with van der Waals surface area (Å²) in [4.78, 5) is 13.6. The Morgan fingerprint density at radius 3 is 2.65 bits per heavy atom. The summed E-state index contributed by atoms with van der Waals surface area (Å²) in [6.45, 7) is 11.9. The second-order valence-corrected chi connectivity index (χ2v) is 6.05. The minimum atomic E-state index is -0.428. The number of morpholine rings is 1. The van der Waals surface area contributed by atoms with Crippen molar-refractivity contribution in [1.29, 1.82) is 0 Å². The first-order valence-electron chi connectivity index (χ1n) is 6.37. The van der Waals surface area contributed by atoms with Crippen LogP contribution in [0.25, 0.3) is 0 Å². The molecule has 0 saturated carbocycles. The van der Waals surface area contributed by atoms with E-state index in [-0.39, 0.29) is 12.2 Å². The Morgan fingerprint density at radius 2 is 2.12 bits per heavy atom. The third kappa shape index (κ3) is 5.39. The van der Waals surface area contributed by atoms with Crippen molar-refractivity contribution in [2.75, 3.05) is 19.7 Å². The predicted octanol–water partition coefficient (Wildman–Crippen LogP) is 2.67. The summed E-state index contributed by atoms with van der Waals surface area (Å²) < 4.78 is 11.0. The lowest BCUT2D eigenvalue weighted by molar-refractivity contribution is -0.0481. The molecule has 0 aromatic heterocycles. The van der Waals surface area contributed by atoms with Gasteiger partial charge in [-0.15, -0.1) is 0 Å². The van der Waals surface area contributed by atoms with E-state index in [0.29, 0.717) is 25.6 Å². The maximum absolute atomic E-state index is 11.9. The largest absolute Gasteiger partial charge is 0.444 e. The van der Waals surface area contributed by atoms with Crippen LogP contribution in [0.4, 0.5) is 4.79 Å². The highest BCUT2D eigenvalue weighted by Gasteiger charge is 2.28. The van der Waals surface area contributed by atoms with E-state index in [1.165, 1.54) is 0 Å². The summed E-state index contributed by atoms with van der Waals surface area (Å²) in [7, 11) is 0. The van der Waals surface area contributed by atoms with Crippen LogP contribution < -0.4 is 0 Å². The number of rotatable bonds is 2.